The Morgan fingerprint density at radius 3 is 2.56 bits per heavy atom. The van der Waals surface area contributed by atoms with Crippen molar-refractivity contribution in [2.45, 2.75) is 26.7 Å². The third kappa shape index (κ3) is 8.82. The van der Waals surface area contributed by atoms with Crippen LogP contribution < -0.4 is 10.5 Å². The SMILES string of the molecule is CC(C)CCOCCNS(=O)(=O)N(C)CCCN. The Morgan fingerprint density at radius 2 is 2.00 bits per heavy atom. The highest BCUT2D eigenvalue weighted by molar-refractivity contribution is 7.87. The van der Waals surface area contributed by atoms with E-state index >= 15 is 0 Å². The molecule has 110 valence electrons. The summed E-state index contributed by atoms with van der Waals surface area (Å²) in [6, 6.07) is 0. The van der Waals surface area contributed by atoms with Crippen LogP contribution in [-0.2, 0) is 14.9 Å². The van der Waals surface area contributed by atoms with Crippen molar-refractivity contribution in [3.05, 3.63) is 0 Å². The quantitative estimate of drug-likeness (QED) is 0.529. The van der Waals surface area contributed by atoms with Crippen LogP contribution in [0.5, 0.6) is 0 Å². The lowest BCUT2D eigenvalue weighted by Gasteiger charge is -2.17. The van der Waals surface area contributed by atoms with Gasteiger partial charge in [0, 0.05) is 26.7 Å². The summed E-state index contributed by atoms with van der Waals surface area (Å²) < 4.78 is 32.5. The maximum Gasteiger partial charge on any atom is 0.279 e. The minimum Gasteiger partial charge on any atom is -0.380 e. The van der Waals surface area contributed by atoms with E-state index in [1.54, 1.807) is 0 Å². The molecule has 0 aromatic heterocycles. The van der Waals surface area contributed by atoms with Crippen LogP contribution in [0.15, 0.2) is 0 Å². The molecule has 0 heterocycles. The van der Waals surface area contributed by atoms with Gasteiger partial charge in [-0.3, -0.25) is 0 Å². The fourth-order valence-corrected chi connectivity index (χ4v) is 2.14. The van der Waals surface area contributed by atoms with E-state index in [0.717, 1.165) is 6.42 Å². The van der Waals surface area contributed by atoms with E-state index in [9.17, 15) is 8.42 Å². The Kier molecular flexibility index (Phi) is 9.57. The molecule has 0 aromatic rings. The Labute approximate surface area is 111 Å². The van der Waals surface area contributed by atoms with E-state index in [1.165, 1.54) is 11.4 Å². The number of nitrogens with one attached hydrogen (secondary N) is 1. The van der Waals surface area contributed by atoms with E-state index in [0.29, 0.717) is 45.2 Å². The average molecular weight is 281 g/mol. The predicted octanol–water partition coefficient (Wildman–Crippen LogP) is 0.164. The van der Waals surface area contributed by atoms with Crippen molar-refractivity contribution in [2.75, 3.05) is 39.9 Å². The summed E-state index contributed by atoms with van der Waals surface area (Å²) in [5, 5.41) is 0. The molecule has 0 amide bonds. The van der Waals surface area contributed by atoms with Crippen molar-refractivity contribution in [1.29, 1.82) is 0 Å². The minimum absolute atomic E-state index is 0.299. The zero-order valence-corrected chi connectivity index (χ0v) is 12.5. The van der Waals surface area contributed by atoms with E-state index in [4.69, 9.17) is 10.5 Å². The summed E-state index contributed by atoms with van der Waals surface area (Å²) in [6.45, 7) is 6.53. The summed E-state index contributed by atoms with van der Waals surface area (Å²) in [4.78, 5) is 0. The van der Waals surface area contributed by atoms with E-state index < -0.39 is 10.2 Å². The van der Waals surface area contributed by atoms with Gasteiger partial charge in [-0.1, -0.05) is 13.8 Å². The third-order valence-electron chi connectivity index (χ3n) is 2.46. The molecule has 0 spiro atoms. The van der Waals surface area contributed by atoms with Crippen LogP contribution in [-0.4, -0.2) is 52.6 Å². The highest BCUT2D eigenvalue weighted by atomic mass is 32.2. The normalized spacial score (nSPS) is 12.6. The molecule has 0 fully saturated rings. The molecule has 6 nitrogen and oxygen atoms in total. The zero-order valence-electron chi connectivity index (χ0n) is 11.7. The molecule has 0 aliphatic carbocycles. The molecule has 0 rings (SSSR count). The van der Waals surface area contributed by atoms with E-state index in [1.807, 2.05) is 0 Å². The van der Waals surface area contributed by atoms with Crippen molar-refractivity contribution in [3.63, 3.8) is 0 Å². The average Bonchev–Trinajstić information content (AvgIpc) is 2.30. The molecule has 18 heavy (non-hydrogen) atoms. The first-order chi connectivity index (χ1) is 8.40. The van der Waals surface area contributed by atoms with Crippen LogP contribution in [0, 0.1) is 5.92 Å². The summed E-state index contributed by atoms with van der Waals surface area (Å²) >= 11 is 0. The van der Waals surface area contributed by atoms with Crippen LogP contribution in [0.25, 0.3) is 0 Å². The first-order valence-corrected chi connectivity index (χ1v) is 7.83. The first kappa shape index (κ1) is 17.8. The van der Waals surface area contributed by atoms with E-state index in [-0.39, 0.29) is 0 Å². The van der Waals surface area contributed by atoms with Gasteiger partial charge in [0.2, 0.25) is 0 Å². The van der Waals surface area contributed by atoms with Crippen molar-refractivity contribution in [1.82, 2.24) is 9.03 Å². The first-order valence-electron chi connectivity index (χ1n) is 6.39. The van der Waals surface area contributed by atoms with Crippen molar-refractivity contribution >= 4 is 10.2 Å². The van der Waals surface area contributed by atoms with Gasteiger partial charge in [0.15, 0.2) is 0 Å². The number of hydrogen-bond acceptors (Lipinski definition) is 4. The number of hydrogen-bond donors (Lipinski definition) is 2. The van der Waals surface area contributed by atoms with Gasteiger partial charge >= 0.3 is 0 Å². The lowest BCUT2D eigenvalue weighted by atomic mass is 10.1. The lowest BCUT2D eigenvalue weighted by molar-refractivity contribution is 0.128. The number of rotatable bonds is 11. The van der Waals surface area contributed by atoms with Gasteiger partial charge in [0.25, 0.3) is 10.2 Å². The number of nitrogens with zero attached hydrogens (tertiary/aromatic N) is 1. The molecular weight excluding hydrogens is 254 g/mol. The summed E-state index contributed by atoms with van der Waals surface area (Å²) in [5.74, 6) is 0.601. The Morgan fingerprint density at radius 1 is 1.33 bits per heavy atom. The minimum atomic E-state index is -3.39. The van der Waals surface area contributed by atoms with Crippen molar-refractivity contribution in [2.24, 2.45) is 11.7 Å². The molecule has 0 atom stereocenters. The van der Waals surface area contributed by atoms with Crippen LogP contribution in [0.3, 0.4) is 0 Å². The maximum absolute atomic E-state index is 11.7. The molecule has 3 N–H and O–H groups in total. The largest absolute Gasteiger partial charge is 0.380 e. The van der Waals surface area contributed by atoms with Gasteiger partial charge in [-0.2, -0.15) is 17.4 Å². The molecule has 0 aromatic carbocycles. The van der Waals surface area contributed by atoms with E-state index in [2.05, 4.69) is 18.6 Å². The Bertz CT molecular complexity index is 294. The molecule has 0 aliphatic rings. The fourth-order valence-electron chi connectivity index (χ4n) is 1.21. The van der Waals surface area contributed by atoms with Crippen LogP contribution in [0.2, 0.25) is 0 Å². The highest BCUT2D eigenvalue weighted by Crippen LogP contribution is 1.98. The second-order valence-corrected chi connectivity index (χ2v) is 6.52. The summed E-state index contributed by atoms with van der Waals surface area (Å²) in [7, 11) is -1.85. The molecule has 0 saturated carbocycles. The maximum atomic E-state index is 11.7. The van der Waals surface area contributed by atoms with Gasteiger partial charge in [0.1, 0.15) is 0 Å². The van der Waals surface area contributed by atoms with Crippen LogP contribution in [0.1, 0.15) is 26.7 Å². The number of ether oxygens (including phenoxy) is 1. The fraction of sp³-hybridized carbons (Fsp3) is 1.00. The zero-order chi connectivity index (χ0) is 14.0. The molecule has 0 bridgehead atoms. The Hall–Kier alpha value is -0.210. The second kappa shape index (κ2) is 9.69. The smallest absolute Gasteiger partial charge is 0.279 e. The monoisotopic (exact) mass is 281 g/mol. The summed E-state index contributed by atoms with van der Waals surface area (Å²) in [6.07, 6.45) is 1.64. The second-order valence-electron chi connectivity index (χ2n) is 4.66. The van der Waals surface area contributed by atoms with Gasteiger partial charge < -0.3 is 10.5 Å². The standard InChI is InChI=1S/C11H27N3O3S/c1-11(2)5-9-17-10-7-13-18(15,16)14(3)8-4-6-12/h11,13H,4-10,12H2,1-3H3. The third-order valence-corrected chi connectivity index (χ3v) is 4.03. The predicted molar refractivity (Wildman–Crippen MR) is 73.5 cm³/mol. The van der Waals surface area contributed by atoms with Crippen molar-refractivity contribution in [3.8, 4) is 0 Å². The van der Waals surface area contributed by atoms with Crippen LogP contribution in [0.4, 0.5) is 0 Å². The number of nitrogens with two attached hydrogens (primary N) is 1. The van der Waals surface area contributed by atoms with Crippen LogP contribution >= 0.6 is 0 Å². The van der Waals surface area contributed by atoms with Gasteiger partial charge in [0.05, 0.1) is 6.61 Å². The Balaban J connectivity index is 3.70. The molecule has 0 aliphatic heterocycles. The molecule has 0 radical (unpaired) electrons. The van der Waals surface area contributed by atoms with Gasteiger partial charge in [-0.05, 0) is 25.3 Å². The van der Waals surface area contributed by atoms with Crippen molar-refractivity contribution < 1.29 is 13.2 Å². The molecule has 0 unspecified atom stereocenters. The van der Waals surface area contributed by atoms with Gasteiger partial charge in [-0.25, -0.2) is 0 Å². The molecular formula is C11H27N3O3S. The molecule has 7 heteroatoms. The summed E-state index contributed by atoms with van der Waals surface area (Å²) in [5.41, 5.74) is 5.34. The topological polar surface area (TPSA) is 84.7 Å². The van der Waals surface area contributed by atoms with Gasteiger partial charge in [-0.15, -0.1) is 0 Å². The highest BCUT2D eigenvalue weighted by Gasteiger charge is 2.15. The molecule has 0 saturated heterocycles. The lowest BCUT2D eigenvalue weighted by Crippen LogP contribution is -2.40.